The van der Waals surface area contributed by atoms with Crippen molar-refractivity contribution in [1.29, 1.82) is 0 Å². The summed E-state index contributed by atoms with van der Waals surface area (Å²) < 4.78 is 6.69. The topological polar surface area (TPSA) is 41.6 Å². The molecule has 5 heteroatoms. The van der Waals surface area contributed by atoms with E-state index >= 15 is 0 Å². The molecule has 1 atom stereocenters. The number of methoxy groups -OCH3 is 1. The maximum atomic E-state index is 12.5. The first-order chi connectivity index (χ1) is 12.5. The molecule has 1 amide bonds. The fourth-order valence-electron chi connectivity index (χ4n) is 3.45. The summed E-state index contributed by atoms with van der Waals surface area (Å²) in [5.41, 5.74) is 2.65. The van der Waals surface area contributed by atoms with Gasteiger partial charge in [0.2, 0.25) is 0 Å². The zero-order valence-corrected chi connectivity index (χ0v) is 17.6. The molecule has 2 aromatic rings. The molecular formula is C21H25IN2O2. The standard InChI is InChI=1S/C21H25IN2O2/c1-14(2)24-11-10-16(13-24)19-12-18(8-9-20(19)26-3)23-21(25)15-4-6-17(22)7-5-15/h4-9,12,14,16H,10-11,13H2,1-3H3,(H,23,25). The number of benzene rings is 2. The minimum Gasteiger partial charge on any atom is -0.496 e. The van der Waals surface area contributed by atoms with Crippen LogP contribution in [-0.2, 0) is 0 Å². The van der Waals surface area contributed by atoms with E-state index in [4.69, 9.17) is 4.74 Å². The summed E-state index contributed by atoms with van der Waals surface area (Å²) in [4.78, 5) is 15.0. The highest BCUT2D eigenvalue weighted by atomic mass is 127. The Morgan fingerprint density at radius 3 is 2.58 bits per heavy atom. The van der Waals surface area contributed by atoms with Gasteiger partial charge in [-0.2, -0.15) is 0 Å². The van der Waals surface area contributed by atoms with Crippen LogP contribution in [0.4, 0.5) is 5.69 Å². The lowest BCUT2D eigenvalue weighted by molar-refractivity contribution is 0.102. The summed E-state index contributed by atoms with van der Waals surface area (Å²) in [5.74, 6) is 1.24. The van der Waals surface area contributed by atoms with Gasteiger partial charge < -0.3 is 15.0 Å². The third-order valence-corrected chi connectivity index (χ3v) is 5.70. The van der Waals surface area contributed by atoms with Crippen LogP contribution in [0.15, 0.2) is 42.5 Å². The van der Waals surface area contributed by atoms with Gasteiger partial charge in [0.1, 0.15) is 5.75 Å². The zero-order valence-electron chi connectivity index (χ0n) is 15.5. The number of carbonyl (C=O) groups is 1. The van der Waals surface area contributed by atoms with Gasteiger partial charge in [0, 0.05) is 38.9 Å². The number of likely N-dealkylation sites (tertiary alicyclic amines) is 1. The molecule has 0 aromatic heterocycles. The molecule has 1 fully saturated rings. The number of hydrogen-bond donors (Lipinski definition) is 1. The highest BCUT2D eigenvalue weighted by Gasteiger charge is 2.27. The van der Waals surface area contributed by atoms with E-state index in [0.717, 1.165) is 34.5 Å². The van der Waals surface area contributed by atoms with E-state index in [0.29, 0.717) is 17.5 Å². The number of ether oxygens (including phenoxy) is 1. The lowest BCUT2D eigenvalue weighted by Gasteiger charge is -2.21. The van der Waals surface area contributed by atoms with Gasteiger partial charge in [-0.3, -0.25) is 4.79 Å². The maximum Gasteiger partial charge on any atom is 0.255 e. The summed E-state index contributed by atoms with van der Waals surface area (Å²) in [6, 6.07) is 14.0. The smallest absolute Gasteiger partial charge is 0.255 e. The van der Waals surface area contributed by atoms with Crippen molar-refractivity contribution in [2.45, 2.75) is 32.2 Å². The van der Waals surface area contributed by atoms with Gasteiger partial charge in [0.05, 0.1) is 7.11 Å². The Kier molecular flexibility index (Phi) is 6.19. The minimum atomic E-state index is -0.0901. The van der Waals surface area contributed by atoms with E-state index in [1.165, 1.54) is 5.56 Å². The third-order valence-electron chi connectivity index (χ3n) is 4.98. The predicted molar refractivity (Wildman–Crippen MR) is 114 cm³/mol. The summed E-state index contributed by atoms with van der Waals surface area (Å²) in [6.45, 7) is 6.60. The van der Waals surface area contributed by atoms with Crippen LogP contribution in [0.1, 0.15) is 42.1 Å². The number of halogens is 1. The molecule has 26 heavy (non-hydrogen) atoms. The highest BCUT2D eigenvalue weighted by molar-refractivity contribution is 14.1. The van der Waals surface area contributed by atoms with Gasteiger partial charge in [0.15, 0.2) is 0 Å². The van der Waals surface area contributed by atoms with Crippen LogP contribution in [0.3, 0.4) is 0 Å². The van der Waals surface area contributed by atoms with Crippen molar-refractivity contribution in [2.75, 3.05) is 25.5 Å². The SMILES string of the molecule is COc1ccc(NC(=O)c2ccc(I)cc2)cc1C1CCN(C(C)C)C1. The Balaban J connectivity index is 1.79. The van der Waals surface area contributed by atoms with E-state index in [1.54, 1.807) is 7.11 Å². The first-order valence-electron chi connectivity index (χ1n) is 8.97. The molecule has 1 heterocycles. The van der Waals surface area contributed by atoms with Crippen LogP contribution in [0.5, 0.6) is 5.75 Å². The first-order valence-corrected chi connectivity index (χ1v) is 10.0. The molecule has 4 nitrogen and oxygen atoms in total. The van der Waals surface area contributed by atoms with Crippen LogP contribution in [-0.4, -0.2) is 37.0 Å². The zero-order chi connectivity index (χ0) is 18.7. The fourth-order valence-corrected chi connectivity index (χ4v) is 3.81. The Hall–Kier alpha value is -1.60. The second kappa shape index (κ2) is 8.39. The van der Waals surface area contributed by atoms with Gasteiger partial charge in [-0.05, 0) is 91.9 Å². The molecule has 138 valence electrons. The van der Waals surface area contributed by atoms with Crippen LogP contribution in [0, 0.1) is 3.57 Å². The van der Waals surface area contributed by atoms with Crippen LogP contribution in [0.25, 0.3) is 0 Å². The molecule has 2 aromatic carbocycles. The van der Waals surface area contributed by atoms with E-state index in [9.17, 15) is 4.79 Å². The van der Waals surface area contributed by atoms with Crippen LogP contribution in [0.2, 0.25) is 0 Å². The molecular weight excluding hydrogens is 439 g/mol. The van der Waals surface area contributed by atoms with Crippen molar-refractivity contribution in [1.82, 2.24) is 4.90 Å². The van der Waals surface area contributed by atoms with Crippen molar-refractivity contribution in [3.05, 3.63) is 57.2 Å². The highest BCUT2D eigenvalue weighted by Crippen LogP contribution is 2.36. The molecule has 1 saturated heterocycles. The molecule has 0 bridgehead atoms. The molecule has 0 spiro atoms. The second-order valence-corrected chi connectivity index (χ2v) is 8.24. The normalized spacial score (nSPS) is 17.5. The Morgan fingerprint density at radius 1 is 1.23 bits per heavy atom. The number of anilines is 1. The van der Waals surface area contributed by atoms with Crippen LogP contribution < -0.4 is 10.1 Å². The summed E-state index contributed by atoms with van der Waals surface area (Å²) in [7, 11) is 1.71. The lowest BCUT2D eigenvalue weighted by atomic mass is 9.96. The van der Waals surface area contributed by atoms with Gasteiger partial charge >= 0.3 is 0 Å². The summed E-state index contributed by atoms with van der Waals surface area (Å²) >= 11 is 2.23. The fraction of sp³-hybridized carbons (Fsp3) is 0.381. The minimum absolute atomic E-state index is 0.0901. The lowest BCUT2D eigenvalue weighted by Crippen LogP contribution is -2.27. The van der Waals surface area contributed by atoms with Gasteiger partial charge in [-0.15, -0.1) is 0 Å². The molecule has 0 aliphatic carbocycles. The number of hydrogen-bond acceptors (Lipinski definition) is 3. The second-order valence-electron chi connectivity index (χ2n) is 6.99. The number of nitrogens with one attached hydrogen (secondary N) is 1. The van der Waals surface area contributed by atoms with E-state index in [1.807, 2.05) is 36.4 Å². The average Bonchev–Trinajstić information content (AvgIpc) is 3.12. The monoisotopic (exact) mass is 464 g/mol. The number of amides is 1. The Bertz CT molecular complexity index is 774. The molecule has 3 rings (SSSR count). The van der Waals surface area contributed by atoms with Gasteiger partial charge in [0.25, 0.3) is 5.91 Å². The number of carbonyl (C=O) groups excluding carboxylic acids is 1. The third kappa shape index (κ3) is 4.38. The molecule has 0 saturated carbocycles. The summed E-state index contributed by atoms with van der Waals surface area (Å²) in [5, 5.41) is 3.02. The predicted octanol–water partition coefficient (Wildman–Crippen LogP) is 4.75. The van der Waals surface area contributed by atoms with Crippen LogP contribution >= 0.6 is 22.6 Å². The Morgan fingerprint density at radius 2 is 1.96 bits per heavy atom. The molecule has 0 radical (unpaired) electrons. The molecule has 1 aliphatic heterocycles. The van der Waals surface area contributed by atoms with Crippen molar-refractivity contribution in [3.8, 4) is 5.75 Å². The number of nitrogens with zero attached hydrogens (tertiary/aromatic N) is 1. The first kappa shape index (κ1) is 19.2. The van der Waals surface area contributed by atoms with Crippen molar-refractivity contribution in [3.63, 3.8) is 0 Å². The van der Waals surface area contributed by atoms with Crippen molar-refractivity contribution < 1.29 is 9.53 Å². The molecule has 1 unspecified atom stereocenters. The van der Waals surface area contributed by atoms with Gasteiger partial charge in [-0.25, -0.2) is 0 Å². The average molecular weight is 464 g/mol. The van der Waals surface area contributed by atoms with Gasteiger partial charge in [-0.1, -0.05) is 0 Å². The van der Waals surface area contributed by atoms with E-state index in [-0.39, 0.29) is 5.91 Å². The number of rotatable bonds is 5. The van der Waals surface area contributed by atoms with E-state index in [2.05, 4.69) is 52.7 Å². The largest absolute Gasteiger partial charge is 0.496 e. The quantitative estimate of drug-likeness (QED) is 0.650. The van der Waals surface area contributed by atoms with Crippen molar-refractivity contribution >= 4 is 34.2 Å². The molecule has 1 N–H and O–H groups in total. The Labute approximate surface area is 169 Å². The maximum absolute atomic E-state index is 12.5. The molecule has 1 aliphatic rings. The summed E-state index contributed by atoms with van der Waals surface area (Å²) in [6.07, 6.45) is 1.11. The van der Waals surface area contributed by atoms with Crippen molar-refractivity contribution in [2.24, 2.45) is 0 Å². The van der Waals surface area contributed by atoms with E-state index < -0.39 is 0 Å².